The fraction of sp³-hybridized carbons (Fsp3) is 0.400. The molecule has 0 radical (unpaired) electrons. The van der Waals surface area contributed by atoms with E-state index >= 15 is 0 Å². The van der Waals surface area contributed by atoms with Crippen LogP contribution in [0, 0.1) is 0 Å². The van der Waals surface area contributed by atoms with Gasteiger partial charge in [-0.15, -0.1) is 0 Å². The molecular weight excluding hydrogens is 302 g/mol. The molecule has 100 valence electrons. The van der Waals surface area contributed by atoms with Crippen molar-refractivity contribution < 1.29 is 0 Å². The van der Waals surface area contributed by atoms with E-state index in [-0.39, 0.29) is 0 Å². The number of nitrogens with zero attached hydrogens (tertiary/aromatic N) is 3. The third-order valence-electron chi connectivity index (χ3n) is 3.87. The van der Waals surface area contributed by atoms with Crippen LogP contribution >= 0.6 is 15.9 Å². The van der Waals surface area contributed by atoms with Gasteiger partial charge in [-0.05, 0) is 38.6 Å². The summed E-state index contributed by atoms with van der Waals surface area (Å²) in [6.45, 7) is 1.17. The Morgan fingerprint density at radius 3 is 2.58 bits per heavy atom. The molecule has 2 aromatic rings. The minimum absolute atomic E-state index is 0.467. The molecule has 1 aliphatic heterocycles. The van der Waals surface area contributed by atoms with E-state index in [1.165, 1.54) is 30.8 Å². The second kappa shape index (κ2) is 5.10. The van der Waals surface area contributed by atoms with Gasteiger partial charge in [0.1, 0.15) is 5.82 Å². The van der Waals surface area contributed by atoms with Gasteiger partial charge in [-0.25, -0.2) is 4.98 Å². The summed E-state index contributed by atoms with van der Waals surface area (Å²) in [7, 11) is 4.28. The zero-order valence-electron chi connectivity index (χ0n) is 11.3. The molecule has 0 saturated carbocycles. The predicted molar refractivity (Wildman–Crippen MR) is 80.9 cm³/mol. The first-order valence-electron chi connectivity index (χ1n) is 6.64. The number of aryl methyl sites for hydroxylation is 1. The molecule has 0 spiro atoms. The zero-order chi connectivity index (χ0) is 13.4. The Morgan fingerprint density at radius 2 is 1.95 bits per heavy atom. The van der Waals surface area contributed by atoms with Crippen LogP contribution in [0.5, 0.6) is 0 Å². The summed E-state index contributed by atoms with van der Waals surface area (Å²) in [6, 6.07) is 8.80. The number of hydrogen-bond donors (Lipinski definition) is 0. The van der Waals surface area contributed by atoms with Crippen LogP contribution < -0.4 is 0 Å². The monoisotopic (exact) mass is 319 g/mol. The molecule has 1 fully saturated rings. The van der Waals surface area contributed by atoms with Crippen molar-refractivity contribution in [1.82, 2.24) is 14.5 Å². The molecule has 3 rings (SSSR count). The van der Waals surface area contributed by atoms with Crippen LogP contribution in [0.25, 0.3) is 11.3 Å². The molecule has 0 bridgehead atoms. The first-order valence-corrected chi connectivity index (χ1v) is 7.44. The molecular formula is C15H18BrN3. The van der Waals surface area contributed by atoms with Gasteiger partial charge in [-0.3, -0.25) is 4.90 Å². The van der Waals surface area contributed by atoms with Gasteiger partial charge < -0.3 is 4.57 Å². The van der Waals surface area contributed by atoms with Crippen LogP contribution in [0.3, 0.4) is 0 Å². The summed E-state index contributed by atoms with van der Waals surface area (Å²) in [6.07, 6.45) is 4.60. The number of rotatable bonds is 2. The molecule has 0 N–H and O–H groups in total. The van der Waals surface area contributed by atoms with Gasteiger partial charge in [0.15, 0.2) is 0 Å². The molecule has 0 amide bonds. The Kier molecular flexibility index (Phi) is 3.46. The lowest BCUT2D eigenvalue weighted by atomic mass is 10.2. The highest BCUT2D eigenvalue weighted by Gasteiger charge is 2.26. The van der Waals surface area contributed by atoms with Gasteiger partial charge in [-0.1, -0.05) is 28.1 Å². The van der Waals surface area contributed by atoms with Gasteiger partial charge in [0.25, 0.3) is 0 Å². The van der Waals surface area contributed by atoms with E-state index < -0.39 is 0 Å². The van der Waals surface area contributed by atoms with Crippen molar-refractivity contribution >= 4 is 15.9 Å². The number of benzene rings is 1. The summed E-state index contributed by atoms with van der Waals surface area (Å²) in [5.74, 6) is 1.18. The summed E-state index contributed by atoms with van der Waals surface area (Å²) in [4.78, 5) is 7.24. The Morgan fingerprint density at radius 1 is 1.21 bits per heavy atom. The Hall–Kier alpha value is -1.13. The lowest BCUT2D eigenvalue weighted by molar-refractivity contribution is 0.301. The quantitative estimate of drug-likeness (QED) is 0.843. The average molecular weight is 320 g/mol. The van der Waals surface area contributed by atoms with Crippen LogP contribution in [0.1, 0.15) is 24.7 Å². The van der Waals surface area contributed by atoms with Gasteiger partial charge in [0, 0.05) is 23.3 Å². The minimum atomic E-state index is 0.467. The van der Waals surface area contributed by atoms with Crippen molar-refractivity contribution in [2.24, 2.45) is 7.05 Å². The summed E-state index contributed by atoms with van der Waals surface area (Å²) < 4.78 is 3.27. The number of halogens is 1. The molecule has 4 heteroatoms. The van der Waals surface area contributed by atoms with Gasteiger partial charge in [0.05, 0.1) is 11.7 Å². The van der Waals surface area contributed by atoms with E-state index in [1.807, 2.05) is 0 Å². The van der Waals surface area contributed by atoms with Gasteiger partial charge in [0.2, 0.25) is 0 Å². The summed E-state index contributed by atoms with van der Waals surface area (Å²) in [5, 5.41) is 0. The highest BCUT2D eigenvalue weighted by atomic mass is 79.9. The van der Waals surface area contributed by atoms with E-state index in [9.17, 15) is 0 Å². The van der Waals surface area contributed by atoms with Crippen molar-refractivity contribution in [2.45, 2.75) is 18.9 Å². The van der Waals surface area contributed by atoms with E-state index in [4.69, 9.17) is 4.98 Å². The molecule has 3 nitrogen and oxygen atoms in total. The molecule has 0 aliphatic carbocycles. The Labute approximate surface area is 122 Å². The molecule has 1 aromatic heterocycles. The molecule has 1 atom stereocenters. The number of hydrogen-bond acceptors (Lipinski definition) is 2. The molecule has 1 saturated heterocycles. The Bertz CT molecular complexity index is 574. The molecule has 1 aromatic carbocycles. The number of aromatic nitrogens is 2. The maximum atomic E-state index is 4.85. The van der Waals surface area contributed by atoms with Crippen molar-refractivity contribution in [3.8, 4) is 11.3 Å². The fourth-order valence-corrected chi connectivity index (χ4v) is 3.05. The van der Waals surface area contributed by atoms with E-state index in [0.717, 1.165) is 10.2 Å². The molecule has 1 aliphatic rings. The second-order valence-corrected chi connectivity index (χ2v) is 6.16. The van der Waals surface area contributed by atoms with Crippen LogP contribution in [0.15, 0.2) is 34.9 Å². The summed E-state index contributed by atoms with van der Waals surface area (Å²) >= 11 is 3.47. The maximum absolute atomic E-state index is 4.85. The smallest absolute Gasteiger partial charge is 0.126 e. The van der Waals surface area contributed by atoms with E-state index in [0.29, 0.717) is 6.04 Å². The van der Waals surface area contributed by atoms with Crippen LogP contribution in [0.2, 0.25) is 0 Å². The predicted octanol–water partition coefficient (Wildman–Crippen LogP) is 3.62. The lowest BCUT2D eigenvalue weighted by Crippen LogP contribution is -2.20. The second-order valence-electron chi connectivity index (χ2n) is 5.24. The summed E-state index contributed by atoms with van der Waals surface area (Å²) in [5.41, 5.74) is 2.23. The van der Waals surface area contributed by atoms with E-state index in [2.05, 4.69) is 70.0 Å². The van der Waals surface area contributed by atoms with Crippen LogP contribution in [-0.2, 0) is 7.05 Å². The Balaban J connectivity index is 1.94. The average Bonchev–Trinajstić information content (AvgIpc) is 2.96. The zero-order valence-corrected chi connectivity index (χ0v) is 12.9. The first kappa shape index (κ1) is 12.9. The molecule has 1 unspecified atom stereocenters. The number of imidazole rings is 1. The number of likely N-dealkylation sites (tertiary alicyclic amines) is 1. The van der Waals surface area contributed by atoms with Crippen LogP contribution in [0.4, 0.5) is 0 Å². The highest BCUT2D eigenvalue weighted by Crippen LogP contribution is 2.31. The fourth-order valence-electron chi connectivity index (χ4n) is 2.79. The first-order chi connectivity index (χ1) is 9.15. The third kappa shape index (κ3) is 2.47. The minimum Gasteiger partial charge on any atom is -0.336 e. The molecule has 19 heavy (non-hydrogen) atoms. The van der Waals surface area contributed by atoms with E-state index in [1.54, 1.807) is 0 Å². The largest absolute Gasteiger partial charge is 0.336 e. The maximum Gasteiger partial charge on any atom is 0.126 e. The van der Waals surface area contributed by atoms with Crippen LogP contribution in [-0.4, -0.2) is 28.0 Å². The normalized spacial score (nSPS) is 20.1. The van der Waals surface area contributed by atoms with Crippen molar-refractivity contribution in [3.63, 3.8) is 0 Å². The van der Waals surface area contributed by atoms with Gasteiger partial charge in [-0.2, -0.15) is 0 Å². The lowest BCUT2D eigenvalue weighted by Gasteiger charge is -2.18. The van der Waals surface area contributed by atoms with Crippen molar-refractivity contribution in [1.29, 1.82) is 0 Å². The van der Waals surface area contributed by atoms with Crippen molar-refractivity contribution in [3.05, 3.63) is 40.8 Å². The SMILES string of the molecule is CN1CCCC1c1nc(-c2ccc(Br)cc2)cn1C. The third-order valence-corrected chi connectivity index (χ3v) is 4.40. The standard InChI is InChI=1S/C15H18BrN3/c1-18-9-3-4-14(18)15-17-13(10-19(15)2)11-5-7-12(16)8-6-11/h5-8,10,14H,3-4,9H2,1-2H3. The molecule has 2 heterocycles. The van der Waals surface area contributed by atoms with Crippen molar-refractivity contribution in [2.75, 3.05) is 13.6 Å². The highest BCUT2D eigenvalue weighted by molar-refractivity contribution is 9.10. The van der Waals surface area contributed by atoms with Gasteiger partial charge >= 0.3 is 0 Å². The topological polar surface area (TPSA) is 21.1 Å².